The molecule has 1 aromatic heterocycles. The zero-order chi connectivity index (χ0) is 11.5. The number of hydrogen-bond donors (Lipinski definition) is 1. The van der Waals surface area contributed by atoms with Crippen LogP contribution in [0.25, 0.3) is 0 Å². The Morgan fingerprint density at radius 2 is 2.44 bits per heavy atom. The molecule has 2 rings (SSSR count). The minimum Gasteiger partial charge on any atom is -0.320 e. The van der Waals surface area contributed by atoms with Gasteiger partial charge in [0.15, 0.2) is 17.9 Å². The van der Waals surface area contributed by atoms with Gasteiger partial charge in [0.05, 0.1) is 5.75 Å². The molecule has 16 heavy (non-hydrogen) atoms. The summed E-state index contributed by atoms with van der Waals surface area (Å²) < 4.78 is 2.03. The van der Waals surface area contributed by atoms with E-state index < -0.39 is 0 Å². The summed E-state index contributed by atoms with van der Waals surface area (Å²) in [7, 11) is 0. The van der Waals surface area contributed by atoms with Crippen LogP contribution in [0, 0.1) is 0 Å². The maximum absolute atomic E-state index is 11.3. The van der Waals surface area contributed by atoms with Gasteiger partial charge in [-0.3, -0.25) is 9.59 Å². The Morgan fingerprint density at radius 1 is 1.62 bits per heavy atom. The number of anilines is 1. The summed E-state index contributed by atoms with van der Waals surface area (Å²) in [6.07, 6.45) is 2.38. The molecule has 0 saturated carbocycles. The Labute approximate surface area is 98.0 Å². The molecule has 0 bridgehead atoms. The van der Waals surface area contributed by atoms with Gasteiger partial charge in [0.2, 0.25) is 11.6 Å². The summed E-state index contributed by atoms with van der Waals surface area (Å²) in [6, 6.07) is 3.80. The van der Waals surface area contributed by atoms with Crippen molar-refractivity contribution in [2.75, 3.05) is 11.1 Å². The SMILES string of the molecule is CC(=O)SCC[n+]1cccc2c1CC(=O)N2. The number of hydrogen-bond acceptors (Lipinski definition) is 3. The lowest BCUT2D eigenvalue weighted by molar-refractivity contribution is -0.698. The molecule has 0 spiro atoms. The van der Waals surface area contributed by atoms with Crippen molar-refractivity contribution in [3.8, 4) is 0 Å². The van der Waals surface area contributed by atoms with Gasteiger partial charge in [-0.1, -0.05) is 11.8 Å². The zero-order valence-electron chi connectivity index (χ0n) is 9.03. The standard InChI is InChI=1S/C11H12N2O2S/c1-8(14)16-6-5-13-4-2-3-9-10(13)7-11(15)12-9/h2-4H,5-7H2,1H3/p+1. The third-order valence-electron chi connectivity index (χ3n) is 2.43. The van der Waals surface area contributed by atoms with Crippen LogP contribution in [0.2, 0.25) is 0 Å². The molecule has 1 amide bonds. The van der Waals surface area contributed by atoms with E-state index in [0.717, 1.165) is 23.7 Å². The van der Waals surface area contributed by atoms with E-state index in [2.05, 4.69) is 5.32 Å². The summed E-state index contributed by atoms with van der Waals surface area (Å²) in [4.78, 5) is 22.1. The van der Waals surface area contributed by atoms with E-state index >= 15 is 0 Å². The van der Waals surface area contributed by atoms with Crippen LogP contribution in [0.4, 0.5) is 5.69 Å². The number of rotatable bonds is 3. The molecule has 84 valence electrons. The van der Waals surface area contributed by atoms with Crippen LogP contribution in [0.15, 0.2) is 18.3 Å². The third kappa shape index (κ3) is 2.41. The third-order valence-corrected chi connectivity index (χ3v) is 3.22. The summed E-state index contributed by atoms with van der Waals surface area (Å²) in [5.41, 5.74) is 1.90. The van der Waals surface area contributed by atoms with Crippen molar-refractivity contribution in [2.45, 2.75) is 19.9 Å². The highest BCUT2D eigenvalue weighted by Gasteiger charge is 2.26. The number of pyridine rings is 1. The molecule has 0 saturated heterocycles. The lowest BCUT2D eigenvalue weighted by Gasteiger charge is -2.00. The fourth-order valence-corrected chi connectivity index (χ4v) is 2.31. The Morgan fingerprint density at radius 3 is 3.19 bits per heavy atom. The van der Waals surface area contributed by atoms with Gasteiger partial charge in [-0.05, 0) is 6.07 Å². The number of aromatic nitrogens is 1. The lowest BCUT2D eigenvalue weighted by atomic mass is 10.3. The molecule has 1 aliphatic rings. The van der Waals surface area contributed by atoms with Crippen LogP contribution in [-0.2, 0) is 22.6 Å². The average molecular weight is 237 g/mol. The molecule has 4 nitrogen and oxygen atoms in total. The summed E-state index contributed by atoms with van der Waals surface area (Å²) in [5.74, 6) is 0.777. The quantitative estimate of drug-likeness (QED) is 0.789. The van der Waals surface area contributed by atoms with E-state index in [0.29, 0.717) is 6.42 Å². The predicted octanol–water partition coefficient (Wildman–Crippen LogP) is 0.748. The van der Waals surface area contributed by atoms with Crippen molar-refractivity contribution in [1.29, 1.82) is 0 Å². The van der Waals surface area contributed by atoms with Gasteiger partial charge >= 0.3 is 0 Å². The number of carbonyl (C=O) groups excluding carboxylic acids is 2. The van der Waals surface area contributed by atoms with E-state index in [1.54, 1.807) is 6.92 Å². The maximum atomic E-state index is 11.3. The normalized spacial score (nSPS) is 13.4. The number of thioether (sulfide) groups is 1. The van der Waals surface area contributed by atoms with Gasteiger partial charge < -0.3 is 5.32 Å². The fourth-order valence-electron chi connectivity index (χ4n) is 1.74. The monoisotopic (exact) mass is 237 g/mol. The van der Waals surface area contributed by atoms with Crippen LogP contribution in [0.1, 0.15) is 12.6 Å². The minimum absolute atomic E-state index is 0.0363. The first kappa shape index (κ1) is 11.1. The molecule has 0 atom stereocenters. The van der Waals surface area contributed by atoms with Gasteiger partial charge in [-0.2, -0.15) is 4.57 Å². The highest BCUT2D eigenvalue weighted by atomic mass is 32.2. The van der Waals surface area contributed by atoms with Crippen molar-refractivity contribution in [1.82, 2.24) is 0 Å². The molecule has 2 heterocycles. The predicted molar refractivity (Wildman–Crippen MR) is 62.1 cm³/mol. The van der Waals surface area contributed by atoms with E-state index in [1.807, 2.05) is 22.9 Å². The average Bonchev–Trinajstić information content (AvgIpc) is 2.58. The van der Waals surface area contributed by atoms with E-state index in [9.17, 15) is 9.59 Å². The fraction of sp³-hybridized carbons (Fsp3) is 0.364. The van der Waals surface area contributed by atoms with Crippen LogP contribution in [0.3, 0.4) is 0 Å². The van der Waals surface area contributed by atoms with Crippen molar-refractivity contribution in [3.63, 3.8) is 0 Å². The highest BCUT2D eigenvalue weighted by Crippen LogP contribution is 2.18. The molecular weight excluding hydrogens is 224 g/mol. The van der Waals surface area contributed by atoms with E-state index in [1.165, 1.54) is 11.8 Å². The number of fused-ring (bicyclic) bond motifs is 1. The number of amides is 1. The van der Waals surface area contributed by atoms with Crippen LogP contribution >= 0.6 is 11.8 Å². The molecule has 1 N–H and O–H groups in total. The second kappa shape index (κ2) is 4.65. The smallest absolute Gasteiger partial charge is 0.235 e. The summed E-state index contributed by atoms with van der Waals surface area (Å²) in [5, 5.41) is 2.93. The molecule has 5 heteroatoms. The number of aryl methyl sites for hydroxylation is 1. The van der Waals surface area contributed by atoms with Crippen molar-refractivity contribution in [3.05, 3.63) is 24.0 Å². The summed E-state index contributed by atoms with van der Waals surface area (Å²) >= 11 is 1.31. The van der Waals surface area contributed by atoms with Gasteiger partial charge in [-0.25, -0.2) is 0 Å². The van der Waals surface area contributed by atoms with Gasteiger partial charge in [0.25, 0.3) is 0 Å². The Hall–Kier alpha value is -1.36. The molecule has 0 fully saturated rings. The second-order valence-electron chi connectivity index (χ2n) is 3.63. The second-order valence-corrected chi connectivity index (χ2v) is 4.90. The van der Waals surface area contributed by atoms with Crippen molar-refractivity contribution in [2.24, 2.45) is 0 Å². The zero-order valence-corrected chi connectivity index (χ0v) is 9.84. The van der Waals surface area contributed by atoms with Gasteiger partial charge in [0.1, 0.15) is 12.1 Å². The Kier molecular flexibility index (Phi) is 3.24. The summed E-state index contributed by atoms with van der Waals surface area (Å²) in [6.45, 7) is 2.32. The molecule has 0 aliphatic carbocycles. The molecular formula is C11H13N2O2S+. The van der Waals surface area contributed by atoms with Crippen LogP contribution < -0.4 is 9.88 Å². The maximum Gasteiger partial charge on any atom is 0.235 e. The Balaban J connectivity index is 2.08. The lowest BCUT2D eigenvalue weighted by Crippen LogP contribution is -2.38. The molecule has 0 radical (unpaired) electrons. The number of carbonyl (C=O) groups is 2. The first-order chi connectivity index (χ1) is 7.66. The minimum atomic E-state index is 0.0363. The van der Waals surface area contributed by atoms with Gasteiger partial charge in [-0.15, -0.1) is 0 Å². The van der Waals surface area contributed by atoms with Crippen LogP contribution in [0.5, 0.6) is 0 Å². The van der Waals surface area contributed by atoms with Gasteiger partial charge in [0, 0.05) is 13.0 Å². The van der Waals surface area contributed by atoms with Crippen molar-refractivity contribution >= 4 is 28.5 Å². The number of nitrogens with zero attached hydrogens (tertiary/aromatic N) is 1. The topological polar surface area (TPSA) is 50.0 Å². The molecule has 0 aromatic carbocycles. The van der Waals surface area contributed by atoms with E-state index in [4.69, 9.17) is 0 Å². The molecule has 1 aliphatic heterocycles. The molecule has 1 aromatic rings. The molecule has 0 unspecified atom stereocenters. The largest absolute Gasteiger partial charge is 0.320 e. The Bertz CT molecular complexity index is 446. The number of nitrogens with one attached hydrogen (secondary N) is 1. The van der Waals surface area contributed by atoms with Crippen molar-refractivity contribution < 1.29 is 14.2 Å². The van der Waals surface area contributed by atoms with E-state index in [-0.39, 0.29) is 11.0 Å². The highest BCUT2D eigenvalue weighted by molar-refractivity contribution is 8.13. The van der Waals surface area contributed by atoms with Crippen LogP contribution in [-0.4, -0.2) is 16.8 Å². The first-order valence-electron chi connectivity index (χ1n) is 5.11. The first-order valence-corrected chi connectivity index (χ1v) is 6.10.